The van der Waals surface area contributed by atoms with Gasteiger partial charge in [0.2, 0.25) is 0 Å². The second kappa shape index (κ2) is 2.01. The minimum Gasteiger partial charge on any atom is -0.480 e. The Morgan fingerprint density at radius 2 is 2.10 bits per heavy atom. The van der Waals surface area contributed by atoms with E-state index in [2.05, 4.69) is 30.7 Å². The highest BCUT2D eigenvalue weighted by Gasteiger charge is 2.15. The van der Waals surface area contributed by atoms with Gasteiger partial charge in [-0.15, -0.1) is 0 Å². The predicted molar refractivity (Wildman–Crippen MR) is 39.0 cm³/mol. The van der Waals surface area contributed by atoms with Crippen molar-refractivity contribution in [2.24, 2.45) is 0 Å². The van der Waals surface area contributed by atoms with Gasteiger partial charge in [0, 0.05) is 11.1 Å². The third-order valence-corrected chi connectivity index (χ3v) is 1.37. The lowest BCUT2D eigenvalue weighted by Crippen LogP contribution is -2.10. The van der Waals surface area contributed by atoms with E-state index in [4.69, 9.17) is 5.11 Å². The Kier molecular flexibility index (Phi) is 1.43. The summed E-state index contributed by atoms with van der Waals surface area (Å²) < 4.78 is 0. The number of H-pyrrole nitrogens is 1. The van der Waals surface area contributed by atoms with Crippen molar-refractivity contribution in [1.82, 2.24) is 9.97 Å². The normalized spacial score (nSPS) is 11.9. The zero-order chi connectivity index (χ0) is 7.78. The van der Waals surface area contributed by atoms with Crippen LogP contribution in [0.5, 0.6) is 6.01 Å². The topological polar surface area (TPSA) is 48.9 Å². The Morgan fingerprint density at radius 3 is 2.30 bits per heavy atom. The molecule has 0 aliphatic carbocycles. The molecule has 1 aromatic heterocycles. The van der Waals surface area contributed by atoms with Crippen LogP contribution in [-0.4, -0.2) is 15.1 Å². The van der Waals surface area contributed by atoms with Crippen LogP contribution >= 0.6 is 0 Å². The molecule has 0 unspecified atom stereocenters. The van der Waals surface area contributed by atoms with E-state index in [0.717, 1.165) is 5.69 Å². The third-order valence-electron chi connectivity index (χ3n) is 1.37. The molecule has 0 spiro atoms. The van der Waals surface area contributed by atoms with Gasteiger partial charge in [-0.1, -0.05) is 20.8 Å². The molecule has 2 N–H and O–H groups in total. The van der Waals surface area contributed by atoms with Crippen LogP contribution < -0.4 is 0 Å². The first-order chi connectivity index (χ1) is 4.50. The maximum Gasteiger partial charge on any atom is 0.291 e. The van der Waals surface area contributed by atoms with Gasteiger partial charge in [-0.3, -0.25) is 0 Å². The average Bonchev–Trinajstić information content (AvgIpc) is 2.11. The van der Waals surface area contributed by atoms with Crippen molar-refractivity contribution in [1.29, 1.82) is 0 Å². The largest absolute Gasteiger partial charge is 0.480 e. The number of rotatable bonds is 0. The molecule has 0 saturated carbocycles. The van der Waals surface area contributed by atoms with Gasteiger partial charge < -0.3 is 10.1 Å². The summed E-state index contributed by atoms with van der Waals surface area (Å²) in [7, 11) is 0. The van der Waals surface area contributed by atoms with Crippen LogP contribution in [0.4, 0.5) is 0 Å². The van der Waals surface area contributed by atoms with E-state index >= 15 is 0 Å². The molecule has 0 aromatic carbocycles. The highest BCUT2D eigenvalue weighted by Crippen LogP contribution is 2.20. The van der Waals surface area contributed by atoms with E-state index in [1.54, 1.807) is 6.20 Å². The van der Waals surface area contributed by atoms with Gasteiger partial charge in [0.15, 0.2) is 0 Å². The summed E-state index contributed by atoms with van der Waals surface area (Å²) in [4.78, 5) is 6.44. The summed E-state index contributed by atoms with van der Waals surface area (Å²) in [5.74, 6) is 0. The number of nitrogens with one attached hydrogen (secondary N) is 1. The molecule has 0 aliphatic heterocycles. The number of aromatic hydroxyl groups is 1. The molecule has 0 bridgehead atoms. The number of aromatic amines is 1. The predicted octanol–water partition coefficient (Wildman–Crippen LogP) is 1.41. The maximum atomic E-state index is 8.85. The molecule has 1 rings (SSSR count). The van der Waals surface area contributed by atoms with Crippen molar-refractivity contribution in [3.63, 3.8) is 0 Å². The number of hydrogen-bond acceptors (Lipinski definition) is 2. The average molecular weight is 140 g/mol. The summed E-state index contributed by atoms with van der Waals surface area (Å²) in [5, 5.41) is 8.85. The van der Waals surface area contributed by atoms with E-state index in [0.29, 0.717) is 0 Å². The second-order valence-corrected chi connectivity index (χ2v) is 3.37. The van der Waals surface area contributed by atoms with E-state index < -0.39 is 0 Å². The highest BCUT2D eigenvalue weighted by molar-refractivity contribution is 5.12. The zero-order valence-corrected chi connectivity index (χ0v) is 6.47. The van der Waals surface area contributed by atoms with Gasteiger partial charge in [0.1, 0.15) is 0 Å². The quantitative estimate of drug-likeness (QED) is 0.572. The van der Waals surface area contributed by atoms with Crippen LogP contribution in [0, 0.1) is 0 Å². The lowest BCUT2D eigenvalue weighted by Gasteiger charge is -2.14. The zero-order valence-electron chi connectivity index (χ0n) is 6.47. The first kappa shape index (κ1) is 7.12. The van der Waals surface area contributed by atoms with Gasteiger partial charge >= 0.3 is 0 Å². The summed E-state index contributed by atoms with van der Waals surface area (Å²) in [6.07, 6.45) is 1.65. The smallest absolute Gasteiger partial charge is 0.291 e. The van der Waals surface area contributed by atoms with E-state index in [-0.39, 0.29) is 11.4 Å². The molecular formula is C7H12N2O. The van der Waals surface area contributed by atoms with Crippen LogP contribution in [0.3, 0.4) is 0 Å². The Balaban J connectivity index is 2.96. The van der Waals surface area contributed by atoms with Crippen LogP contribution in [0.25, 0.3) is 0 Å². The number of aromatic nitrogens is 2. The molecule has 1 heterocycles. The van der Waals surface area contributed by atoms with Crippen molar-refractivity contribution in [2.45, 2.75) is 26.2 Å². The summed E-state index contributed by atoms with van der Waals surface area (Å²) in [6, 6.07) is -0.00933. The lowest BCUT2D eigenvalue weighted by atomic mass is 9.93. The Bertz CT molecular complexity index is 222. The molecule has 0 saturated heterocycles. The molecule has 3 heteroatoms. The van der Waals surface area contributed by atoms with Gasteiger partial charge in [0.25, 0.3) is 6.01 Å². The molecular weight excluding hydrogens is 128 g/mol. The number of nitrogens with zero attached hydrogens (tertiary/aromatic N) is 1. The van der Waals surface area contributed by atoms with E-state index in [9.17, 15) is 0 Å². The summed E-state index contributed by atoms with van der Waals surface area (Å²) in [6.45, 7) is 6.17. The molecule has 3 nitrogen and oxygen atoms in total. The Labute approximate surface area is 60.1 Å². The van der Waals surface area contributed by atoms with Crippen molar-refractivity contribution in [2.75, 3.05) is 0 Å². The Morgan fingerprint density at radius 1 is 1.50 bits per heavy atom. The van der Waals surface area contributed by atoms with E-state index in [1.165, 1.54) is 0 Å². The molecule has 0 fully saturated rings. The van der Waals surface area contributed by atoms with Crippen LogP contribution in [0.2, 0.25) is 0 Å². The maximum absolute atomic E-state index is 8.85. The van der Waals surface area contributed by atoms with Crippen molar-refractivity contribution in [3.05, 3.63) is 11.9 Å². The van der Waals surface area contributed by atoms with Crippen LogP contribution in [0.1, 0.15) is 26.5 Å². The molecule has 56 valence electrons. The monoisotopic (exact) mass is 140 g/mol. The number of imidazole rings is 1. The van der Waals surface area contributed by atoms with Gasteiger partial charge in [-0.05, 0) is 0 Å². The molecule has 0 amide bonds. The first-order valence-electron chi connectivity index (χ1n) is 3.24. The fourth-order valence-corrected chi connectivity index (χ4v) is 0.692. The SMILES string of the molecule is CC(C)(C)c1cnc(O)[nH]1. The summed E-state index contributed by atoms with van der Waals surface area (Å²) in [5.41, 5.74) is 0.985. The fraction of sp³-hybridized carbons (Fsp3) is 0.571. The van der Waals surface area contributed by atoms with Crippen molar-refractivity contribution >= 4 is 0 Å². The lowest BCUT2D eigenvalue weighted by molar-refractivity contribution is 0.432. The molecule has 0 aliphatic rings. The first-order valence-corrected chi connectivity index (χ1v) is 3.24. The second-order valence-electron chi connectivity index (χ2n) is 3.37. The third kappa shape index (κ3) is 1.29. The standard InChI is InChI=1S/C7H12N2O/c1-7(2,3)5-4-8-6(10)9-5/h4H,1-3H3,(H2,8,9,10). The minimum atomic E-state index is -0.00933. The van der Waals surface area contributed by atoms with Crippen LogP contribution in [-0.2, 0) is 5.41 Å². The van der Waals surface area contributed by atoms with Crippen LogP contribution in [0.15, 0.2) is 6.20 Å². The molecule has 10 heavy (non-hydrogen) atoms. The summed E-state index contributed by atoms with van der Waals surface area (Å²) >= 11 is 0. The van der Waals surface area contributed by atoms with E-state index in [1.807, 2.05) is 0 Å². The molecule has 0 atom stereocenters. The number of hydrogen-bond donors (Lipinski definition) is 2. The molecule has 1 aromatic rings. The van der Waals surface area contributed by atoms with Crippen molar-refractivity contribution in [3.8, 4) is 6.01 Å². The minimum absolute atomic E-state index is 0.00933. The molecule has 0 radical (unpaired) electrons. The Hall–Kier alpha value is -0.990. The van der Waals surface area contributed by atoms with Gasteiger partial charge in [-0.2, -0.15) is 0 Å². The van der Waals surface area contributed by atoms with Crippen molar-refractivity contribution < 1.29 is 5.11 Å². The highest BCUT2D eigenvalue weighted by atomic mass is 16.3. The van der Waals surface area contributed by atoms with Gasteiger partial charge in [0.05, 0.1) is 6.20 Å². The fourth-order valence-electron chi connectivity index (χ4n) is 0.692. The van der Waals surface area contributed by atoms with Gasteiger partial charge in [-0.25, -0.2) is 4.98 Å².